The lowest BCUT2D eigenvalue weighted by molar-refractivity contribution is -0.0606. The zero-order valence-electron chi connectivity index (χ0n) is 16.1. The molecule has 1 aliphatic carbocycles. The molecule has 0 nitrogen and oxygen atoms in total. The summed E-state index contributed by atoms with van der Waals surface area (Å²) < 4.78 is 0. The molecule has 0 aromatic carbocycles. The first kappa shape index (κ1) is 19.0. The molecule has 126 valence electrons. The van der Waals surface area contributed by atoms with Gasteiger partial charge in [0.05, 0.1) is 0 Å². The predicted molar refractivity (Wildman–Crippen MR) is 96.6 cm³/mol. The monoisotopic (exact) mass is 294 g/mol. The van der Waals surface area contributed by atoms with Crippen molar-refractivity contribution in [2.24, 2.45) is 28.6 Å². The number of hydrogen-bond donors (Lipinski definition) is 0. The number of hydrogen-bond acceptors (Lipinski definition) is 0. The minimum atomic E-state index is 0.539. The summed E-state index contributed by atoms with van der Waals surface area (Å²) in [5.41, 5.74) is 1.09. The molecule has 1 rings (SSSR count). The van der Waals surface area contributed by atoms with Crippen molar-refractivity contribution in [3.63, 3.8) is 0 Å². The molecule has 0 heterocycles. The van der Waals surface area contributed by atoms with Gasteiger partial charge in [0.25, 0.3) is 0 Å². The van der Waals surface area contributed by atoms with Gasteiger partial charge in [0, 0.05) is 0 Å². The summed E-state index contributed by atoms with van der Waals surface area (Å²) in [6.45, 7) is 17.4. The van der Waals surface area contributed by atoms with E-state index < -0.39 is 0 Å². The van der Waals surface area contributed by atoms with Crippen molar-refractivity contribution in [1.82, 2.24) is 0 Å². The van der Waals surface area contributed by atoms with Gasteiger partial charge < -0.3 is 0 Å². The molecule has 4 unspecified atom stereocenters. The van der Waals surface area contributed by atoms with E-state index in [1.807, 2.05) is 0 Å². The third kappa shape index (κ3) is 4.49. The Balaban J connectivity index is 2.81. The molecule has 4 atom stereocenters. The third-order valence-corrected chi connectivity index (χ3v) is 7.14. The lowest BCUT2D eigenvalue weighted by atomic mass is 9.49. The van der Waals surface area contributed by atoms with Gasteiger partial charge in [0.15, 0.2) is 0 Å². The van der Waals surface area contributed by atoms with E-state index in [1.165, 1.54) is 57.8 Å². The Labute approximate surface area is 135 Å². The smallest absolute Gasteiger partial charge is 0.0249 e. The third-order valence-electron chi connectivity index (χ3n) is 7.14. The van der Waals surface area contributed by atoms with Crippen LogP contribution in [0.3, 0.4) is 0 Å². The Hall–Kier alpha value is 0. The standard InChI is InChI=1S/C21H42/c1-8-10-11-12-19(9-2)16-20(6)15-18(5)13-14-21(20,7)17(3)4/h17-19H,8-16H2,1-7H3. The first-order chi connectivity index (χ1) is 9.79. The highest BCUT2D eigenvalue weighted by atomic mass is 14.5. The Morgan fingerprint density at radius 2 is 1.76 bits per heavy atom. The SMILES string of the molecule is CCCCCC(CC)CC1(C)CC(C)CCC1(C)C(C)C. The summed E-state index contributed by atoms with van der Waals surface area (Å²) in [6, 6.07) is 0. The van der Waals surface area contributed by atoms with Crippen molar-refractivity contribution in [2.75, 3.05) is 0 Å². The molecule has 1 aliphatic rings. The van der Waals surface area contributed by atoms with Crippen LogP contribution in [0, 0.1) is 28.6 Å². The van der Waals surface area contributed by atoms with Crippen molar-refractivity contribution in [3.05, 3.63) is 0 Å². The summed E-state index contributed by atoms with van der Waals surface area (Å²) in [7, 11) is 0. The summed E-state index contributed by atoms with van der Waals surface area (Å²) in [5, 5.41) is 0. The van der Waals surface area contributed by atoms with Crippen LogP contribution >= 0.6 is 0 Å². The van der Waals surface area contributed by atoms with E-state index in [2.05, 4.69) is 48.5 Å². The molecule has 0 aromatic rings. The second-order valence-electron chi connectivity index (χ2n) is 8.95. The van der Waals surface area contributed by atoms with E-state index in [-0.39, 0.29) is 0 Å². The summed E-state index contributed by atoms with van der Waals surface area (Å²) in [6.07, 6.45) is 12.9. The Kier molecular flexibility index (Phi) is 7.28. The fourth-order valence-corrected chi connectivity index (χ4v) is 5.03. The Morgan fingerprint density at radius 1 is 1.10 bits per heavy atom. The van der Waals surface area contributed by atoms with Crippen LogP contribution in [-0.2, 0) is 0 Å². The van der Waals surface area contributed by atoms with Gasteiger partial charge >= 0.3 is 0 Å². The van der Waals surface area contributed by atoms with E-state index in [1.54, 1.807) is 0 Å². The first-order valence-electron chi connectivity index (χ1n) is 9.79. The maximum atomic E-state index is 2.63. The molecule has 0 amide bonds. The van der Waals surface area contributed by atoms with Crippen LogP contribution in [0.2, 0.25) is 0 Å². The largest absolute Gasteiger partial charge is 0.0654 e. The predicted octanol–water partition coefficient (Wildman–Crippen LogP) is 7.47. The maximum absolute atomic E-state index is 2.63. The van der Waals surface area contributed by atoms with Gasteiger partial charge in [-0.1, -0.05) is 87.0 Å². The second-order valence-corrected chi connectivity index (χ2v) is 8.95. The Bertz CT molecular complexity index is 292. The van der Waals surface area contributed by atoms with Crippen LogP contribution in [-0.4, -0.2) is 0 Å². The fraction of sp³-hybridized carbons (Fsp3) is 1.00. The molecule has 0 radical (unpaired) electrons. The van der Waals surface area contributed by atoms with Crippen molar-refractivity contribution in [1.29, 1.82) is 0 Å². The number of rotatable bonds is 8. The van der Waals surface area contributed by atoms with Crippen LogP contribution in [0.15, 0.2) is 0 Å². The van der Waals surface area contributed by atoms with Gasteiger partial charge in [0.2, 0.25) is 0 Å². The molecular weight excluding hydrogens is 252 g/mol. The molecule has 0 spiro atoms. The van der Waals surface area contributed by atoms with Crippen LogP contribution in [0.25, 0.3) is 0 Å². The van der Waals surface area contributed by atoms with Gasteiger partial charge in [-0.15, -0.1) is 0 Å². The first-order valence-corrected chi connectivity index (χ1v) is 9.79. The topological polar surface area (TPSA) is 0 Å². The quantitative estimate of drug-likeness (QED) is 0.407. The van der Waals surface area contributed by atoms with E-state index in [0.29, 0.717) is 10.8 Å². The van der Waals surface area contributed by atoms with Crippen molar-refractivity contribution in [3.8, 4) is 0 Å². The highest BCUT2D eigenvalue weighted by molar-refractivity contribution is 4.99. The molecule has 21 heavy (non-hydrogen) atoms. The van der Waals surface area contributed by atoms with E-state index in [4.69, 9.17) is 0 Å². The molecule has 1 saturated carbocycles. The lowest BCUT2D eigenvalue weighted by Gasteiger charge is -2.56. The average molecular weight is 295 g/mol. The van der Waals surface area contributed by atoms with E-state index in [0.717, 1.165) is 17.8 Å². The van der Waals surface area contributed by atoms with Crippen LogP contribution in [0.5, 0.6) is 0 Å². The van der Waals surface area contributed by atoms with Gasteiger partial charge in [-0.25, -0.2) is 0 Å². The fourth-order valence-electron chi connectivity index (χ4n) is 5.03. The summed E-state index contributed by atoms with van der Waals surface area (Å²) in [4.78, 5) is 0. The molecule has 0 aliphatic heterocycles. The highest BCUT2D eigenvalue weighted by Crippen LogP contribution is 2.59. The number of unbranched alkanes of at least 4 members (excludes halogenated alkanes) is 2. The highest BCUT2D eigenvalue weighted by Gasteiger charge is 2.49. The van der Waals surface area contributed by atoms with Crippen LogP contribution in [0.1, 0.15) is 106 Å². The molecule has 0 bridgehead atoms. The second kappa shape index (κ2) is 8.02. The van der Waals surface area contributed by atoms with Gasteiger partial charge in [-0.05, 0) is 47.8 Å². The average Bonchev–Trinajstić information content (AvgIpc) is 2.42. The van der Waals surface area contributed by atoms with E-state index >= 15 is 0 Å². The summed E-state index contributed by atoms with van der Waals surface area (Å²) >= 11 is 0. The van der Waals surface area contributed by atoms with Crippen molar-refractivity contribution in [2.45, 2.75) is 106 Å². The van der Waals surface area contributed by atoms with Crippen LogP contribution in [0.4, 0.5) is 0 Å². The molecule has 0 heteroatoms. The van der Waals surface area contributed by atoms with Crippen molar-refractivity contribution < 1.29 is 0 Å². The van der Waals surface area contributed by atoms with Gasteiger partial charge in [-0.2, -0.15) is 0 Å². The minimum Gasteiger partial charge on any atom is -0.0654 e. The summed E-state index contributed by atoms with van der Waals surface area (Å²) in [5.74, 6) is 2.68. The van der Waals surface area contributed by atoms with Gasteiger partial charge in [-0.3, -0.25) is 0 Å². The lowest BCUT2D eigenvalue weighted by Crippen LogP contribution is -2.47. The Morgan fingerprint density at radius 3 is 2.29 bits per heavy atom. The normalized spacial score (nSPS) is 35.1. The maximum Gasteiger partial charge on any atom is -0.0249 e. The molecule has 1 fully saturated rings. The van der Waals surface area contributed by atoms with Gasteiger partial charge in [0.1, 0.15) is 0 Å². The zero-order valence-corrected chi connectivity index (χ0v) is 16.1. The molecule has 0 aromatic heterocycles. The zero-order chi connectivity index (χ0) is 16.1. The van der Waals surface area contributed by atoms with E-state index in [9.17, 15) is 0 Å². The molecule has 0 N–H and O–H groups in total. The molecular formula is C21H42. The van der Waals surface area contributed by atoms with Crippen LogP contribution < -0.4 is 0 Å². The van der Waals surface area contributed by atoms with Crippen molar-refractivity contribution >= 4 is 0 Å². The molecule has 0 saturated heterocycles. The minimum absolute atomic E-state index is 0.539.